The quantitative estimate of drug-likeness (QED) is 0.628. The molecule has 0 aliphatic rings. The lowest BCUT2D eigenvalue weighted by atomic mass is 10.2. The van der Waals surface area contributed by atoms with E-state index in [-0.39, 0.29) is 12.5 Å². The van der Waals surface area contributed by atoms with Crippen LogP contribution < -0.4 is 19.6 Å². The monoisotopic (exact) mass is 314 g/mol. The van der Waals surface area contributed by atoms with Gasteiger partial charge in [-0.05, 0) is 24.3 Å². The molecule has 120 valence electrons. The largest absolute Gasteiger partial charge is 0.497 e. The van der Waals surface area contributed by atoms with Crippen LogP contribution in [0.5, 0.6) is 17.2 Å². The van der Waals surface area contributed by atoms with Gasteiger partial charge in [-0.3, -0.25) is 4.79 Å². The Hall–Kier alpha value is -3.02. The van der Waals surface area contributed by atoms with E-state index in [1.807, 2.05) is 24.3 Å². The molecule has 0 fully saturated rings. The molecule has 1 amide bonds. The van der Waals surface area contributed by atoms with Crippen LogP contribution in [-0.2, 0) is 4.79 Å². The molecule has 0 spiro atoms. The maximum Gasteiger partial charge on any atom is 0.277 e. The lowest BCUT2D eigenvalue weighted by Gasteiger charge is -2.06. The molecule has 0 heterocycles. The van der Waals surface area contributed by atoms with Crippen molar-refractivity contribution in [3.05, 3.63) is 54.1 Å². The molecular weight excluding hydrogens is 296 g/mol. The molecule has 0 unspecified atom stereocenters. The molecule has 0 aliphatic heterocycles. The summed E-state index contributed by atoms with van der Waals surface area (Å²) in [5, 5.41) is 3.89. The summed E-state index contributed by atoms with van der Waals surface area (Å²) in [5.41, 5.74) is 3.17. The van der Waals surface area contributed by atoms with Gasteiger partial charge in [-0.1, -0.05) is 18.2 Å². The number of nitrogens with zero attached hydrogens (tertiary/aromatic N) is 1. The maximum absolute atomic E-state index is 11.7. The first-order valence-electron chi connectivity index (χ1n) is 6.94. The average Bonchev–Trinajstić information content (AvgIpc) is 2.60. The van der Waals surface area contributed by atoms with Crippen LogP contribution in [0.4, 0.5) is 0 Å². The highest BCUT2D eigenvalue weighted by molar-refractivity contribution is 5.85. The van der Waals surface area contributed by atoms with E-state index in [4.69, 9.17) is 14.2 Å². The smallest absolute Gasteiger partial charge is 0.277 e. The lowest BCUT2D eigenvalue weighted by Crippen LogP contribution is -2.24. The van der Waals surface area contributed by atoms with Crippen molar-refractivity contribution in [3.63, 3.8) is 0 Å². The van der Waals surface area contributed by atoms with Crippen LogP contribution >= 0.6 is 0 Å². The number of carbonyl (C=O) groups is 1. The predicted molar refractivity (Wildman–Crippen MR) is 87.2 cm³/mol. The molecular formula is C17H18N2O4. The topological polar surface area (TPSA) is 69.2 Å². The van der Waals surface area contributed by atoms with E-state index in [1.165, 1.54) is 6.21 Å². The molecule has 0 saturated heterocycles. The van der Waals surface area contributed by atoms with Crippen molar-refractivity contribution in [2.75, 3.05) is 20.8 Å². The summed E-state index contributed by atoms with van der Waals surface area (Å²) >= 11 is 0. The van der Waals surface area contributed by atoms with Crippen LogP contribution in [0.3, 0.4) is 0 Å². The highest BCUT2D eigenvalue weighted by Crippen LogP contribution is 2.18. The van der Waals surface area contributed by atoms with E-state index >= 15 is 0 Å². The first kappa shape index (κ1) is 16.4. The van der Waals surface area contributed by atoms with E-state index in [1.54, 1.807) is 38.5 Å². The summed E-state index contributed by atoms with van der Waals surface area (Å²) in [7, 11) is 3.14. The van der Waals surface area contributed by atoms with Crippen LogP contribution in [-0.4, -0.2) is 32.9 Å². The lowest BCUT2D eigenvalue weighted by molar-refractivity contribution is -0.123. The van der Waals surface area contributed by atoms with Gasteiger partial charge in [0.25, 0.3) is 5.91 Å². The molecule has 23 heavy (non-hydrogen) atoms. The molecule has 0 aliphatic carbocycles. The van der Waals surface area contributed by atoms with Crippen molar-refractivity contribution in [1.29, 1.82) is 0 Å². The maximum atomic E-state index is 11.7. The molecule has 0 atom stereocenters. The predicted octanol–water partition coefficient (Wildman–Crippen LogP) is 2.23. The minimum Gasteiger partial charge on any atom is -0.497 e. The van der Waals surface area contributed by atoms with Gasteiger partial charge in [0.1, 0.15) is 17.2 Å². The highest BCUT2D eigenvalue weighted by Gasteiger charge is 2.03. The van der Waals surface area contributed by atoms with Gasteiger partial charge in [-0.15, -0.1) is 0 Å². The molecule has 6 nitrogen and oxygen atoms in total. The molecule has 0 bridgehead atoms. The molecule has 1 N–H and O–H groups in total. The van der Waals surface area contributed by atoms with E-state index in [0.717, 1.165) is 5.56 Å². The highest BCUT2D eigenvalue weighted by atomic mass is 16.5. The van der Waals surface area contributed by atoms with E-state index in [2.05, 4.69) is 10.5 Å². The number of benzene rings is 2. The number of hydrazone groups is 1. The second kappa shape index (κ2) is 8.43. The first-order valence-corrected chi connectivity index (χ1v) is 6.94. The summed E-state index contributed by atoms with van der Waals surface area (Å²) in [4.78, 5) is 11.7. The number of amides is 1. The summed E-state index contributed by atoms with van der Waals surface area (Å²) in [6, 6.07) is 14.4. The van der Waals surface area contributed by atoms with Crippen molar-refractivity contribution in [1.82, 2.24) is 5.43 Å². The van der Waals surface area contributed by atoms with Crippen molar-refractivity contribution in [3.8, 4) is 17.2 Å². The van der Waals surface area contributed by atoms with Crippen molar-refractivity contribution in [2.24, 2.45) is 5.10 Å². The number of para-hydroxylation sites is 1. The van der Waals surface area contributed by atoms with Crippen molar-refractivity contribution in [2.45, 2.75) is 0 Å². The van der Waals surface area contributed by atoms with Gasteiger partial charge in [0, 0.05) is 11.6 Å². The zero-order chi connectivity index (χ0) is 16.5. The SMILES string of the molecule is COc1cccc(OCC(=O)N/N=C/c2ccccc2OC)c1. The third-order valence-electron chi connectivity index (χ3n) is 2.94. The Bertz CT molecular complexity index is 686. The van der Waals surface area contributed by atoms with Gasteiger partial charge in [-0.25, -0.2) is 5.43 Å². The summed E-state index contributed by atoms with van der Waals surface area (Å²) < 4.78 is 15.6. The van der Waals surface area contributed by atoms with Gasteiger partial charge >= 0.3 is 0 Å². The van der Waals surface area contributed by atoms with Gasteiger partial charge in [0.15, 0.2) is 6.61 Å². The number of methoxy groups -OCH3 is 2. The van der Waals surface area contributed by atoms with Crippen molar-refractivity contribution < 1.29 is 19.0 Å². The first-order chi connectivity index (χ1) is 11.2. The van der Waals surface area contributed by atoms with Gasteiger partial charge < -0.3 is 14.2 Å². The Morgan fingerprint density at radius 1 is 1.09 bits per heavy atom. The Morgan fingerprint density at radius 3 is 2.65 bits per heavy atom. The summed E-state index contributed by atoms with van der Waals surface area (Å²) in [6.07, 6.45) is 1.52. The zero-order valence-electron chi connectivity index (χ0n) is 13.0. The Morgan fingerprint density at radius 2 is 1.87 bits per heavy atom. The van der Waals surface area contributed by atoms with Gasteiger partial charge in [-0.2, -0.15) is 5.10 Å². The van der Waals surface area contributed by atoms with Gasteiger partial charge in [0.2, 0.25) is 0 Å². The zero-order valence-corrected chi connectivity index (χ0v) is 13.0. The number of carbonyl (C=O) groups excluding carboxylic acids is 1. The third-order valence-corrected chi connectivity index (χ3v) is 2.94. The molecule has 6 heteroatoms. The number of nitrogens with one attached hydrogen (secondary N) is 1. The average molecular weight is 314 g/mol. The fraction of sp³-hybridized carbons (Fsp3) is 0.176. The van der Waals surface area contributed by atoms with Gasteiger partial charge in [0.05, 0.1) is 20.4 Å². The number of rotatable bonds is 7. The van der Waals surface area contributed by atoms with Crippen LogP contribution in [0.25, 0.3) is 0 Å². The Balaban J connectivity index is 1.84. The van der Waals surface area contributed by atoms with E-state index in [9.17, 15) is 4.79 Å². The summed E-state index contributed by atoms with van der Waals surface area (Å²) in [5.74, 6) is 1.53. The van der Waals surface area contributed by atoms with Crippen LogP contribution in [0, 0.1) is 0 Å². The fourth-order valence-electron chi connectivity index (χ4n) is 1.82. The summed E-state index contributed by atoms with van der Waals surface area (Å²) in [6.45, 7) is -0.142. The standard InChI is InChI=1S/C17H18N2O4/c1-21-14-7-5-8-15(10-14)23-12-17(20)19-18-11-13-6-3-4-9-16(13)22-2/h3-11H,12H2,1-2H3,(H,19,20)/b18-11+. The molecule has 2 rings (SSSR count). The second-order valence-corrected chi connectivity index (χ2v) is 4.50. The van der Waals surface area contributed by atoms with Crippen LogP contribution in [0.2, 0.25) is 0 Å². The third kappa shape index (κ3) is 5.03. The Labute approximate surface area is 134 Å². The van der Waals surface area contributed by atoms with E-state index < -0.39 is 0 Å². The Kier molecular flexibility index (Phi) is 5.99. The number of hydrogen-bond donors (Lipinski definition) is 1. The van der Waals surface area contributed by atoms with E-state index in [0.29, 0.717) is 17.2 Å². The normalized spacial score (nSPS) is 10.3. The van der Waals surface area contributed by atoms with Crippen LogP contribution in [0.15, 0.2) is 53.6 Å². The van der Waals surface area contributed by atoms with Crippen LogP contribution in [0.1, 0.15) is 5.56 Å². The molecule has 2 aromatic rings. The number of hydrogen-bond acceptors (Lipinski definition) is 5. The van der Waals surface area contributed by atoms with Crippen molar-refractivity contribution >= 4 is 12.1 Å². The number of ether oxygens (including phenoxy) is 3. The molecule has 2 aromatic carbocycles. The second-order valence-electron chi connectivity index (χ2n) is 4.50. The minimum absolute atomic E-state index is 0.142. The molecule has 0 saturated carbocycles. The molecule has 0 aromatic heterocycles. The fourth-order valence-corrected chi connectivity index (χ4v) is 1.82. The minimum atomic E-state index is -0.362. The molecule has 0 radical (unpaired) electrons.